The zero-order chi connectivity index (χ0) is 19.4. The van der Waals surface area contributed by atoms with Crippen LogP contribution in [0.3, 0.4) is 0 Å². The Morgan fingerprint density at radius 2 is 2.04 bits per heavy atom. The third-order valence-corrected chi connectivity index (χ3v) is 6.19. The number of nitrogens with zero attached hydrogens (tertiary/aromatic N) is 4. The summed E-state index contributed by atoms with van der Waals surface area (Å²) in [7, 11) is 1.88. The van der Waals surface area contributed by atoms with E-state index in [9.17, 15) is 4.79 Å². The first kappa shape index (κ1) is 18.9. The minimum atomic E-state index is 0.127. The molecule has 2 aliphatic heterocycles. The molecule has 5 nitrogen and oxygen atoms in total. The van der Waals surface area contributed by atoms with Crippen molar-refractivity contribution in [2.75, 3.05) is 32.7 Å². The zero-order valence-corrected chi connectivity index (χ0v) is 16.8. The molecule has 28 heavy (non-hydrogen) atoms. The van der Waals surface area contributed by atoms with Gasteiger partial charge in [-0.3, -0.25) is 9.48 Å². The van der Waals surface area contributed by atoms with Crippen molar-refractivity contribution in [2.24, 2.45) is 12.5 Å². The molecule has 2 fully saturated rings. The minimum absolute atomic E-state index is 0.127. The Bertz CT molecular complexity index is 828. The zero-order valence-electron chi connectivity index (χ0n) is 16.8. The van der Waals surface area contributed by atoms with Crippen LogP contribution >= 0.6 is 0 Å². The molecule has 0 bridgehead atoms. The highest BCUT2D eigenvalue weighted by Crippen LogP contribution is 2.39. The second-order valence-corrected chi connectivity index (χ2v) is 8.41. The molecule has 0 saturated carbocycles. The highest BCUT2D eigenvalue weighted by Gasteiger charge is 2.42. The SMILES string of the molecule is Cn1cc(/C=C/C(=O)N2CC[C@]3(CCCN(CCc4ccccc4)C3)C2)cn1. The number of piperidine rings is 1. The number of carbonyl (C=O) groups excluding carboxylic acids is 1. The van der Waals surface area contributed by atoms with E-state index in [-0.39, 0.29) is 11.3 Å². The van der Waals surface area contributed by atoms with Crippen LogP contribution in [-0.2, 0) is 18.3 Å². The van der Waals surface area contributed by atoms with E-state index in [4.69, 9.17) is 0 Å². The minimum Gasteiger partial charge on any atom is -0.339 e. The maximum absolute atomic E-state index is 12.6. The summed E-state index contributed by atoms with van der Waals surface area (Å²) < 4.78 is 1.75. The molecule has 2 aliphatic rings. The molecule has 0 unspecified atom stereocenters. The van der Waals surface area contributed by atoms with E-state index in [2.05, 4.69) is 40.3 Å². The van der Waals surface area contributed by atoms with Gasteiger partial charge >= 0.3 is 0 Å². The lowest BCUT2D eigenvalue weighted by Gasteiger charge is -2.40. The van der Waals surface area contributed by atoms with Gasteiger partial charge in [0.25, 0.3) is 0 Å². The van der Waals surface area contributed by atoms with Crippen molar-refractivity contribution in [3.05, 3.63) is 59.9 Å². The first-order valence-corrected chi connectivity index (χ1v) is 10.3. The van der Waals surface area contributed by atoms with Crippen LogP contribution in [0.25, 0.3) is 6.08 Å². The van der Waals surface area contributed by atoms with Gasteiger partial charge in [0, 0.05) is 56.5 Å². The lowest BCUT2D eigenvalue weighted by molar-refractivity contribution is -0.125. The summed E-state index contributed by atoms with van der Waals surface area (Å²) >= 11 is 0. The number of hydrogen-bond donors (Lipinski definition) is 0. The molecular formula is C23H30N4O. The second-order valence-electron chi connectivity index (χ2n) is 8.41. The third kappa shape index (κ3) is 4.53. The first-order chi connectivity index (χ1) is 13.6. The Hall–Kier alpha value is -2.40. The molecule has 1 atom stereocenters. The summed E-state index contributed by atoms with van der Waals surface area (Å²) in [6.07, 6.45) is 12.0. The summed E-state index contributed by atoms with van der Waals surface area (Å²) in [4.78, 5) is 17.3. The molecule has 1 aromatic heterocycles. The van der Waals surface area contributed by atoms with E-state index in [1.165, 1.54) is 24.9 Å². The Labute approximate surface area is 167 Å². The summed E-state index contributed by atoms with van der Waals surface area (Å²) in [5.41, 5.74) is 2.66. The van der Waals surface area contributed by atoms with Crippen molar-refractivity contribution in [1.29, 1.82) is 0 Å². The smallest absolute Gasteiger partial charge is 0.246 e. The number of rotatable bonds is 5. The number of aromatic nitrogens is 2. The van der Waals surface area contributed by atoms with Gasteiger partial charge in [-0.2, -0.15) is 5.10 Å². The highest BCUT2D eigenvalue weighted by molar-refractivity contribution is 5.91. The Morgan fingerprint density at radius 3 is 2.82 bits per heavy atom. The van der Waals surface area contributed by atoms with Crippen LogP contribution in [0.4, 0.5) is 0 Å². The molecular weight excluding hydrogens is 348 g/mol. The van der Waals surface area contributed by atoms with Crippen molar-refractivity contribution in [1.82, 2.24) is 19.6 Å². The molecule has 1 aromatic carbocycles. The summed E-state index contributed by atoms with van der Waals surface area (Å²) in [5, 5.41) is 4.14. The fraction of sp³-hybridized carbons (Fsp3) is 0.478. The van der Waals surface area contributed by atoms with Crippen LogP contribution in [0.15, 0.2) is 48.8 Å². The van der Waals surface area contributed by atoms with Crippen LogP contribution < -0.4 is 0 Å². The topological polar surface area (TPSA) is 41.4 Å². The molecule has 1 spiro atoms. The maximum atomic E-state index is 12.6. The van der Waals surface area contributed by atoms with Gasteiger partial charge in [-0.1, -0.05) is 30.3 Å². The number of aryl methyl sites for hydroxylation is 1. The maximum Gasteiger partial charge on any atom is 0.246 e. The molecule has 4 rings (SSSR count). The molecule has 2 saturated heterocycles. The van der Waals surface area contributed by atoms with Crippen molar-refractivity contribution < 1.29 is 4.79 Å². The molecule has 0 N–H and O–H groups in total. The number of carbonyl (C=O) groups is 1. The molecule has 3 heterocycles. The van der Waals surface area contributed by atoms with Crippen LogP contribution in [0.5, 0.6) is 0 Å². The highest BCUT2D eigenvalue weighted by atomic mass is 16.2. The van der Waals surface area contributed by atoms with E-state index in [1.54, 1.807) is 17.0 Å². The predicted octanol–water partition coefficient (Wildman–Crippen LogP) is 2.99. The summed E-state index contributed by atoms with van der Waals surface area (Å²) in [6.45, 7) is 5.19. The Kier molecular flexibility index (Phi) is 5.62. The fourth-order valence-electron chi connectivity index (χ4n) is 4.69. The van der Waals surface area contributed by atoms with E-state index >= 15 is 0 Å². The standard InChI is InChI=1S/C23H30N4O/c1-25-17-21(16-24-25)8-9-22(28)27-15-12-23(19-27)11-5-13-26(18-23)14-10-20-6-3-2-4-7-20/h2-4,6-9,16-17H,5,10-15,18-19H2,1H3/b9-8+/t23-/m0/s1. The molecule has 2 aromatic rings. The van der Waals surface area contributed by atoms with E-state index < -0.39 is 0 Å². The van der Waals surface area contributed by atoms with Crippen molar-refractivity contribution in [3.8, 4) is 0 Å². The average molecular weight is 379 g/mol. The summed E-state index contributed by atoms with van der Waals surface area (Å²) in [6, 6.07) is 10.7. The molecule has 0 radical (unpaired) electrons. The largest absolute Gasteiger partial charge is 0.339 e. The van der Waals surface area contributed by atoms with Crippen LogP contribution in [0, 0.1) is 5.41 Å². The van der Waals surface area contributed by atoms with Gasteiger partial charge in [-0.25, -0.2) is 0 Å². The number of likely N-dealkylation sites (tertiary alicyclic amines) is 2. The van der Waals surface area contributed by atoms with Gasteiger partial charge in [-0.15, -0.1) is 0 Å². The van der Waals surface area contributed by atoms with Gasteiger partial charge in [0.15, 0.2) is 0 Å². The van der Waals surface area contributed by atoms with Crippen molar-refractivity contribution in [2.45, 2.75) is 25.7 Å². The average Bonchev–Trinajstić information content (AvgIpc) is 3.32. The van der Waals surface area contributed by atoms with Gasteiger partial charge in [0.1, 0.15) is 0 Å². The van der Waals surface area contributed by atoms with Gasteiger partial charge in [0.05, 0.1) is 6.20 Å². The second kappa shape index (κ2) is 8.31. The third-order valence-electron chi connectivity index (χ3n) is 6.19. The molecule has 1 amide bonds. The van der Waals surface area contributed by atoms with Gasteiger partial charge < -0.3 is 9.80 Å². The van der Waals surface area contributed by atoms with E-state index in [0.717, 1.165) is 44.6 Å². The number of amides is 1. The normalized spacial score (nSPS) is 23.1. The lowest BCUT2D eigenvalue weighted by atomic mass is 9.79. The predicted molar refractivity (Wildman–Crippen MR) is 112 cm³/mol. The van der Waals surface area contributed by atoms with Crippen LogP contribution in [0.1, 0.15) is 30.4 Å². The summed E-state index contributed by atoms with van der Waals surface area (Å²) in [5.74, 6) is 0.127. The lowest BCUT2D eigenvalue weighted by Crippen LogP contribution is -2.45. The number of benzene rings is 1. The van der Waals surface area contributed by atoms with Crippen LogP contribution in [-0.4, -0.2) is 58.2 Å². The molecule has 0 aliphatic carbocycles. The van der Waals surface area contributed by atoms with Gasteiger partial charge in [0.2, 0.25) is 5.91 Å². The Balaban J connectivity index is 1.31. The fourth-order valence-corrected chi connectivity index (χ4v) is 4.69. The van der Waals surface area contributed by atoms with E-state index in [1.807, 2.05) is 24.2 Å². The molecule has 148 valence electrons. The first-order valence-electron chi connectivity index (χ1n) is 10.3. The van der Waals surface area contributed by atoms with Crippen molar-refractivity contribution in [3.63, 3.8) is 0 Å². The number of hydrogen-bond acceptors (Lipinski definition) is 3. The van der Waals surface area contributed by atoms with E-state index in [0.29, 0.717) is 0 Å². The van der Waals surface area contributed by atoms with Crippen molar-refractivity contribution >= 4 is 12.0 Å². The van der Waals surface area contributed by atoms with Crippen LogP contribution in [0.2, 0.25) is 0 Å². The monoisotopic (exact) mass is 378 g/mol. The quantitative estimate of drug-likeness (QED) is 0.751. The molecule has 5 heteroatoms. The Morgan fingerprint density at radius 1 is 1.18 bits per heavy atom. The van der Waals surface area contributed by atoms with Gasteiger partial charge in [-0.05, 0) is 43.9 Å².